The lowest BCUT2D eigenvalue weighted by atomic mass is 10.1. The maximum absolute atomic E-state index is 12.3. The zero-order valence-electron chi connectivity index (χ0n) is 11.1. The molecule has 0 atom stereocenters. The summed E-state index contributed by atoms with van der Waals surface area (Å²) < 4.78 is 3.69. The first kappa shape index (κ1) is 12.2. The molecule has 2 heterocycles. The molecule has 0 saturated heterocycles. The second-order valence-corrected chi connectivity index (χ2v) is 4.72. The van der Waals surface area contributed by atoms with E-state index in [9.17, 15) is 4.79 Å². The van der Waals surface area contributed by atoms with Crippen LogP contribution in [0.2, 0.25) is 0 Å². The van der Waals surface area contributed by atoms with Crippen molar-refractivity contribution in [2.45, 2.75) is 6.54 Å². The largest absolute Gasteiger partial charge is 0.348 e. The Morgan fingerprint density at radius 1 is 1.20 bits per heavy atom. The van der Waals surface area contributed by atoms with Gasteiger partial charge in [0, 0.05) is 30.3 Å². The second kappa shape index (κ2) is 4.71. The van der Waals surface area contributed by atoms with Crippen molar-refractivity contribution in [1.29, 1.82) is 5.26 Å². The highest BCUT2D eigenvalue weighted by molar-refractivity contribution is 5.96. The monoisotopic (exact) mass is 263 g/mol. The van der Waals surface area contributed by atoms with E-state index in [4.69, 9.17) is 5.26 Å². The molecule has 0 unspecified atom stereocenters. The van der Waals surface area contributed by atoms with Crippen LogP contribution in [0.3, 0.4) is 0 Å². The van der Waals surface area contributed by atoms with E-state index < -0.39 is 0 Å². The number of nitriles is 1. The molecule has 0 saturated carbocycles. The fourth-order valence-corrected chi connectivity index (χ4v) is 2.45. The van der Waals surface area contributed by atoms with Gasteiger partial charge in [0.1, 0.15) is 0 Å². The number of hydrogen-bond donors (Lipinski definition) is 0. The summed E-state index contributed by atoms with van der Waals surface area (Å²) in [6, 6.07) is 13.3. The van der Waals surface area contributed by atoms with Crippen LogP contribution in [0.5, 0.6) is 0 Å². The van der Waals surface area contributed by atoms with Gasteiger partial charge in [-0.1, -0.05) is 6.07 Å². The minimum absolute atomic E-state index is 0.0531. The van der Waals surface area contributed by atoms with Gasteiger partial charge in [-0.25, -0.2) is 0 Å². The van der Waals surface area contributed by atoms with Crippen molar-refractivity contribution in [3.63, 3.8) is 0 Å². The molecule has 0 N–H and O–H groups in total. The van der Waals surface area contributed by atoms with Gasteiger partial charge in [0.15, 0.2) is 5.78 Å². The second-order valence-electron chi connectivity index (χ2n) is 4.72. The number of hydrogen-bond acceptors (Lipinski definition) is 2. The molecule has 3 rings (SSSR count). The molecule has 4 nitrogen and oxygen atoms in total. The van der Waals surface area contributed by atoms with Gasteiger partial charge in [0.2, 0.25) is 0 Å². The average Bonchev–Trinajstić information content (AvgIpc) is 3.05. The summed E-state index contributed by atoms with van der Waals surface area (Å²) >= 11 is 0. The van der Waals surface area contributed by atoms with E-state index in [0.717, 1.165) is 10.9 Å². The molecular formula is C16H13N3O. The molecule has 0 aliphatic heterocycles. The average molecular weight is 263 g/mol. The Morgan fingerprint density at radius 3 is 2.75 bits per heavy atom. The first-order valence-corrected chi connectivity index (χ1v) is 6.33. The molecule has 0 spiro atoms. The molecular weight excluding hydrogens is 250 g/mol. The molecule has 1 aromatic carbocycles. The summed E-state index contributed by atoms with van der Waals surface area (Å²) in [5.41, 5.74) is 2.22. The van der Waals surface area contributed by atoms with Gasteiger partial charge in [0.05, 0.1) is 23.9 Å². The highest BCUT2D eigenvalue weighted by Gasteiger charge is 2.12. The van der Waals surface area contributed by atoms with Crippen LogP contribution in [0.25, 0.3) is 10.9 Å². The number of nitrogens with zero attached hydrogens (tertiary/aromatic N) is 3. The van der Waals surface area contributed by atoms with Gasteiger partial charge in [0.25, 0.3) is 0 Å². The number of benzene rings is 1. The standard InChI is InChI=1S/C16H13N3O/c1-18-8-3-6-15(18)16(20)11-19-9-7-13-12(10-17)4-2-5-14(13)19/h2-9H,11H2,1H3. The molecule has 4 heteroatoms. The number of carbonyl (C=O) groups excluding carboxylic acids is 1. The van der Waals surface area contributed by atoms with Gasteiger partial charge in [-0.15, -0.1) is 0 Å². The highest BCUT2D eigenvalue weighted by Crippen LogP contribution is 2.20. The van der Waals surface area contributed by atoms with E-state index in [1.54, 1.807) is 6.07 Å². The van der Waals surface area contributed by atoms with E-state index >= 15 is 0 Å². The number of aryl methyl sites for hydroxylation is 1. The van der Waals surface area contributed by atoms with Crippen LogP contribution in [0.4, 0.5) is 0 Å². The number of aromatic nitrogens is 2. The van der Waals surface area contributed by atoms with Crippen molar-refractivity contribution in [2.75, 3.05) is 0 Å². The molecule has 0 aliphatic rings. The summed E-state index contributed by atoms with van der Waals surface area (Å²) in [6.45, 7) is 0.274. The van der Waals surface area contributed by atoms with Crippen molar-refractivity contribution in [3.8, 4) is 6.07 Å². The minimum atomic E-state index is 0.0531. The molecule has 3 aromatic rings. The third kappa shape index (κ3) is 1.90. The van der Waals surface area contributed by atoms with E-state index in [0.29, 0.717) is 11.3 Å². The van der Waals surface area contributed by atoms with Crippen LogP contribution in [0.15, 0.2) is 48.8 Å². The van der Waals surface area contributed by atoms with Crippen LogP contribution in [0.1, 0.15) is 16.1 Å². The lowest BCUT2D eigenvalue weighted by molar-refractivity contribution is 0.0965. The number of rotatable bonds is 3. The lowest BCUT2D eigenvalue weighted by Gasteiger charge is -2.06. The van der Waals surface area contributed by atoms with Crippen molar-refractivity contribution >= 4 is 16.7 Å². The van der Waals surface area contributed by atoms with Crippen LogP contribution < -0.4 is 0 Å². The maximum Gasteiger partial charge on any atom is 0.198 e. The molecule has 0 fully saturated rings. The number of ketones is 1. The van der Waals surface area contributed by atoms with Crippen molar-refractivity contribution in [1.82, 2.24) is 9.13 Å². The Kier molecular flexibility index (Phi) is 2.88. The van der Waals surface area contributed by atoms with Crippen LogP contribution in [0, 0.1) is 11.3 Å². The van der Waals surface area contributed by atoms with Crippen LogP contribution in [-0.4, -0.2) is 14.9 Å². The predicted molar refractivity (Wildman–Crippen MR) is 76.4 cm³/mol. The van der Waals surface area contributed by atoms with Crippen LogP contribution >= 0.6 is 0 Å². The van der Waals surface area contributed by atoms with Crippen molar-refractivity contribution in [2.24, 2.45) is 7.05 Å². The Labute approximate surface area is 116 Å². The van der Waals surface area contributed by atoms with Gasteiger partial charge < -0.3 is 9.13 Å². The van der Waals surface area contributed by atoms with Crippen molar-refractivity contribution in [3.05, 3.63) is 60.0 Å². The molecule has 2 aromatic heterocycles. The molecule has 20 heavy (non-hydrogen) atoms. The Bertz CT molecular complexity index is 833. The molecule has 0 amide bonds. The smallest absolute Gasteiger partial charge is 0.198 e. The maximum atomic E-state index is 12.3. The van der Waals surface area contributed by atoms with Gasteiger partial charge in [-0.3, -0.25) is 4.79 Å². The quantitative estimate of drug-likeness (QED) is 0.682. The molecule has 0 radical (unpaired) electrons. The molecule has 0 aliphatic carbocycles. The third-order valence-electron chi connectivity index (χ3n) is 3.48. The van der Waals surface area contributed by atoms with E-state index in [-0.39, 0.29) is 12.3 Å². The van der Waals surface area contributed by atoms with Gasteiger partial charge in [-0.2, -0.15) is 5.26 Å². The van der Waals surface area contributed by atoms with E-state index in [1.807, 2.05) is 58.9 Å². The molecule has 0 bridgehead atoms. The summed E-state index contributed by atoms with van der Waals surface area (Å²) in [5, 5.41) is 9.97. The first-order valence-electron chi connectivity index (χ1n) is 6.33. The fourth-order valence-electron chi connectivity index (χ4n) is 2.45. The fraction of sp³-hybridized carbons (Fsp3) is 0.125. The van der Waals surface area contributed by atoms with Crippen LogP contribution in [-0.2, 0) is 13.6 Å². The Balaban J connectivity index is 1.99. The lowest BCUT2D eigenvalue weighted by Crippen LogP contribution is -2.12. The zero-order valence-corrected chi connectivity index (χ0v) is 11.1. The molecule has 98 valence electrons. The number of carbonyl (C=O) groups is 1. The van der Waals surface area contributed by atoms with E-state index in [2.05, 4.69) is 6.07 Å². The zero-order chi connectivity index (χ0) is 14.1. The Hall–Kier alpha value is -2.80. The summed E-state index contributed by atoms with van der Waals surface area (Å²) in [7, 11) is 1.86. The topological polar surface area (TPSA) is 50.7 Å². The van der Waals surface area contributed by atoms with Gasteiger partial charge >= 0.3 is 0 Å². The highest BCUT2D eigenvalue weighted by atomic mass is 16.1. The summed E-state index contributed by atoms with van der Waals surface area (Å²) in [4.78, 5) is 12.3. The van der Waals surface area contributed by atoms with Crippen molar-refractivity contribution < 1.29 is 4.79 Å². The number of Topliss-reactive ketones (excluding diaryl/α,β-unsaturated/α-hetero) is 1. The predicted octanol–water partition coefficient (Wildman–Crippen LogP) is 2.73. The summed E-state index contributed by atoms with van der Waals surface area (Å²) in [5.74, 6) is 0.0531. The normalized spacial score (nSPS) is 10.6. The summed E-state index contributed by atoms with van der Waals surface area (Å²) in [6.07, 6.45) is 3.71. The number of fused-ring (bicyclic) bond motifs is 1. The first-order chi connectivity index (χ1) is 9.70. The Morgan fingerprint density at radius 2 is 2.05 bits per heavy atom. The SMILES string of the molecule is Cn1cccc1C(=O)Cn1ccc2c(C#N)cccc21. The van der Waals surface area contributed by atoms with E-state index in [1.165, 1.54) is 0 Å². The third-order valence-corrected chi connectivity index (χ3v) is 3.48. The minimum Gasteiger partial charge on any atom is -0.348 e. The van der Waals surface area contributed by atoms with Gasteiger partial charge in [-0.05, 0) is 30.3 Å².